The summed E-state index contributed by atoms with van der Waals surface area (Å²) in [6.07, 6.45) is 2.99. The summed E-state index contributed by atoms with van der Waals surface area (Å²) >= 11 is 1.50. The molecule has 0 spiro atoms. The third-order valence-electron chi connectivity index (χ3n) is 2.31. The van der Waals surface area contributed by atoms with Gasteiger partial charge in [-0.1, -0.05) is 18.7 Å². The van der Waals surface area contributed by atoms with E-state index in [4.69, 9.17) is 0 Å². The lowest BCUT2D eigenvalue weighted by Crippen LogP contribution is -2.35. The van der Waals surface area contributed by atoms with Crippen molar-refractivity contribution in [1.29, 1.82) is 0 Å². The maximum atomic E-state index is 9.27. The van der Waals surface area contributed by atoms with E-state index in [0.29, 0.717) is 5.16 Å². The van der Waals surface area contributed by atoms with Gasteiger partial charge in [-0.15, -0.1) is 0 Å². The van der Waals surface area contributed by atoms with E-state index in [1.165, 1.54) is 11.8 Å². The largest absolute Gasteiger partial charge is 0.394 e. The van der Waals surface area contributed by atoms with Crippen molar-refractivity contribution in [2.24, 2.45) is 0 Å². The first kappa shape index (κ1) is 15.0. The standard InChI is InChI=1S/C12H22N4OS/c1-5-6-13-9-7-10(15-11(14-9)18-4)16-12(2,3)8-17/h7,17H,5-6,8H2,1-4H3,(H2,13,14,15,16). The number of hydrogen-bond donors (Lipinski definition) is 3. The van der Waals surface area contributed by atoms with Crippen LogP contribution in [0, 0.1) is 0 Å². The number of nitrogens with zero attached hydrogens (tertiary/aromatic N) is 2. The van der Waals surface area contributed by atoms with Gasteiger partial charge in [-0.25, -0.2) is 9.97 Å². The zero-order chi connectivity index (χ0) is 13.6. The highest BCUT2D eigenvalue weighted by Gasteiger charge is 2.17. The molecule has 0 unspecified atom stereocenters. The molecule has 102 valence electrons. The monoisotopic (exact) mass is 270 g/mol. The first-order valence-electron chi connectivity index (χ1n) is 6.06. The summed E-state index contributed by atoms with van der Waals surface area (Å²) in [6, 6.07) is 1.87. The number of rotatable bonds is 7. The van der Waals surface area contributed by atoms with Gasteiger partial charge < -0.3 is 15.7 Å². The second-order valence-electron chi connectivity index (χ2n) is 4.72. The Hall–Kier alpha value is -1.01. The molecule has 0 aliphatic carbocycles. The van der Waals surface area contributed by atoms with Gasteiger partial charge in [0, 0.05) is 12.6 Å². The van der Waals surface area contributed by atoms with Gasteiger partial charge in [-0.2, -0.15) is 0 Å². The van der Waals surface area contributed by atoms with Crippen molar-refractivity contribution < 1.29 is 5.11 Å². The number of aliphatic hydroxyl groups excluding tert-OH is 1. The van der Waals surface area contributed by atoms with Crippen molar-refractivity contribution in [3.05, 3.63) is 6.07 Å². The van der Waals surface area contributed by atoms with Crippen LogP contribution in [0.15, 0.2) is 11.2 Å². The quantitative estimate of drug-likeness (QED) is 0.521. The third kappa shape index (κ3) is 4.70. The molecule has 0 radical (unpaired) electrons. The van der Waals surface area contributed by atoms with Crippen LogP contribution in [0.4, 0.5) is 11.6 Å². The number of anilines is 2. The van der Waals surface area contributed by atoms with Crippen molar-refractivity contribution in [2.75, 3.05) is 30.0 Å². The molecular weight excluding hydrogens is 248 g/mol. The lowest BCUT2D eigenvalue weighted by Gasteiger charge is -2.24. The lowest BCUT2D eigenvalue weighted by molar-refractivity contribution is 0.234. The van der Waals surface area contributed by atoms with Gasteiger partial charge in [0.25, 0.3) is 0 Å². The average Bonchev–Trinajstić information content (AvgIpc) is 2.35. The van der Waals surface area contributed by atoms with Crippen LogP contribution in [0.1, 0.15) is 27.2 Å². The molecule has 0 bridgehead atoms. The van der Waals surface area contributed by atoms with Crippen LogP contribution in [-0.4, -0.2) is 40.0 Å². The fourth-order valence-corrected chi connectivity index (χ4v) is 1.69. The van der Waals surface area contributed by atoms with Crippen LogP contribution in [0.5, 0.6) is 0 Å². The minimum atomic E-state index is -0.397. The van der Waals surface area contributed by atoms with Gasteiger partial charge in [0.2, 0.25) is 0 Å². The molecule has 1 heterocycles. The smallest absolute Gasteiger partial charge is 0.191 e. The van der Waals surface area contributed by atoms with Crippen LogP contribution in [0.2, 0.25) is 0 Å². The lowest BCUT2D eigenvalue weighted by atomic mass is 10.1. The van der Waals surface area contributed by atoms with E-state index in [1.807, 2.05) is 26.2 Å². The fraction of sp³-hybridized carbons (Fsp3) is 0.667. The number of aromatic nitrogens is 2. The van der Waals surface area contributed by atoms with Gasteiger partial charge >= 0.3 is 0 Å². The topological polar surface area (TPSA) is 70.1 Å². The number of thioether (sulfide) groups is 1. The zero-order valence-corrected chi connectivity index (χ0v) is 12.3. The minimum absolute atomic E-state index is 0.0450. The zero-order valence-electron chi connectivity index (χ0n) is 11.4. The second kappa shape index (κ2) is 6.80. The van der Waals surface area contributed by atoms with Gasteiger partial charge in [0.15, 0.2) is 5.16 Å². The Morgan fingerprint density at radius 2 is 2.00 bits per heavy atom. The van der Waals surface area contributed by atoms with Crippen molar-refractivity contribution in [2.45, 2.75) is 37.9 Å². The molecule has 0 saturated heterocycles. The fourth-order valence-electron chi connectivity index (χ4n) is 1.31. The van der Waals surface area contributed by atoms with Crippen molar-refractivity contribution in [3.63, 3.8) is 0 Å². The van der Waals surface area contributed by atoms with E-state index < -0.39 is 5.54 Å². The summed E-state index contributed by atoms with van der Waals surface area (Å²) < 4.78 is 0. The summed E-state index contributed by atoms with van der Waals surface area (Å²) in [7, 11) is 0. The van der Waals surface area contributed by atoms with E-state index in [9.17, 15) is 5.11 Å². The molecule has 0 fully saturated rings. The molecule has 1 aromatic rings. The van der Waals surface area contributed by atoms with Crippen LogP contribution in [0.3, 0.4) is 0 Å². The van der Waals surface area contributed by atoms with Gasteiger partial charge in [0.05, 0.1) is 12.1 Å². The Kier molecular flexibility index (Phi) is 5.68. The van der Waals surface area contributed by atoms with Gasteiger partial charge in [-0.05, 0) is 26.5 Å². The van der Waals surface area contributed by atoms with Crippen molar-refractivity contribution in [3.8, 4) is 0 Å². The summed E-state index contributed by atoms with van der Waals surface area (Å²) in [4.78, 5) is 8.77. The highest BCUT2D eigenvalue weighted by atomic mass is 32.2. The SMILES string of the molecule is CCCNc1cc(NC(C)(C)CO)nc(SC)n1. The Bertz CT molecular complexity index is 384. The minimum Gasteiger partial charge on any atom is -0.394 e. The summed E-state index contributed by atoms with van der Waals surface area (Å²) in [5.74, 6) is 1.54. The Morgan fingerprint density at radius 1 is 1.33 bits per heavy atom. The first-order chi connectivity index (χ1) is 8.50. The van der Waals surface area contributed by atoms with Crippen LogP contribution in [0.25, 0.3) is 0 Å². The van der Waals surface area contributed by atoms with E-state index in [2.05, 4.69) is 27.5 Å². The molecular formula is C12H22N4OS. The van der Waals surface area contributed by atoms with Crippen LogP contribution in [-0.2, 0) is 0 Å². The predicted molar refractivity (Wildman–Crippen MR) is 77.4 cm³/mol. The predicted octanol–water partition coefficient (Wildman–Crippen LogP) is 2.20. The van der Waals surface area contributed by atoms with E-state index in [0.717, 1.165) is 24.6 Å². The molecule has 5 nitrogen and oxygen atoms in total. The maximum absolute atomic E-state index is 9.27. The molecule has 18 heavy (non-hydrogen) atoms. The number of nitrogens with one attached hydrogen (secondary N) is 2. The molecule has 0 atom stereocenters. The van der Waals surface area contributed by atoms with E-state index in [-0.39, 0.29) is 6.61 Å². The molecule has 0 aromatic carbocycles. The normalized spacial score (nSPS) is 11.4. The summed E-state index contributed by atoms with van der Waals surface area (Å²) in [5.41, 5.74) is -0.397. The highest BCUT2D eigenvalue weighted by Crippen LogP contribution is 2.20. The molecule has 0 aliphatic rings. The Labute approximate surface area is 113 Å². The van der Waals surface area contributed by atoms with Crippen LogP contribution < -0.4 is 10.6 Å². The average molecular weight is 270 g/mol. The molecule has 3 N–H and O–H groups in total. The number of hydrogen-bond acceptors (Lipinski definition) is 6. The molecule has 0 aliphatic heterocycles. The first-order valence-corrected chi connectivity index (χ1v) is 7.29. The third-order valence-corrected chi connectivity index (χ3v) is 2.85. The van der Waals surface area contributed by atoms with Crippen molar-refractivity contribution >= 4 is 23.4 Å². The molecule has 0 saturated carbocycles. The van der Waals surface area contributed by atoms with Gasteiger partial charge in [0.1, 0.15) is 11.6 Å². The Morgan fingerprint density at radius 3 is 2.56 bits per heavy atom. The van der Waals surface area contributed by atoms with Gasteiger partial charge in [-0.3, -0.25) is 0 Å². The van der Waals surface area contributed by atoms with Crippen LogP contribution >= 0.6 is 11.8 Å². The van der Waals surface area contributed by atoms with E-state index in [1.54, 1.807) is 0 Å². The Balaban J connectivity index is 2.89. The molecule has 1 aromatic heterocycles. The highest BCUT2D eigenvalue weighted by molar-refractivity contribution is 7.98. The summed E-state index contributed by atoms with van der Waals surface area (Å²) in [6.45, 7) is 6.88. The maximum Gasteiger partial charge on any atom is 0.191 e. The number of aliphatic hydroxyl groups is 1. The molecule has 1 rings (SSSR count). The molecule has 0 amide bonds. The van der Waals surface area contributed by atoms with Crippen molar-refractivity contribution in [1.82, 2.24) is 9.97 Å². The van der Waals surface area contributed by atoms with E-state index >= 15 is 0 Å². The second-order valence-corrected chi connectivity index (χ2v) is 5.49. The summed E-state index contributed by atoms with van der Waals surface area (Å²) in [5, 5.41) is 16.4. The molecule has 6 heteroatoms.